The predicted molar refractivity (Wildman–Crippen MR) is 102 cm³/mol. The molecule has 0 spiro atoms. The Hall–Kier alpha value is -3.12. The molecule has 5 aromatic carbocycles. The van der Waals surface area contributed by atoms with E-state index in [2.05, 4.69) is 97.1 Å². The number of rotatable bonds is 2. The van der Waals surface area contributed by atoms with Crippen LogP contribution in [0.4, 0.5) is 0 Å². The highest BCUT2D eigenvalue weighted by atomic mass is 14.2. The van der Waals surface area contributed by atoms with Crippen LogP contribution in [-0.4, -0.2) is 0 Å². The first kappa shape index (κ1) is 13.3. The quantitative estimate of drug-likeness (QED) is 0.410. The number of benzene rings is 4. The third kappa shape index (κ3) is 1.87. The fourth-order valence-corrected chi connectivity index (χ4v) is 3.77. The summed E-state index contributed by atoms with van der Waals surface area (Å²) < 4.78 is 0. The topological polar surface area (TPSA) is 0 Å². The zero-order valence-electron chi connectivity index (χ0n) is 13.2. The Morgan fingerprint density at radius 3 is 1.46 bits per heavy atom. The molecule has 5 aromatic rings. The van der Waals surface area contributed by atoms with Gasteiger partial charge in [0, 0.05) is 0 Å². The SMILES string of the molecule is c1ccc(C(c2ccccc2)=c2c3cccc4cccc2c43)cc1. The van der Waals surface area contributed by atoms with Crippen LogP contribution in [0.5, 0.6) is 0 Å². The minimum absolute atomic E-state index is 1.27. The van der Waals surface area contributed by atoms with Gasteiger partial charge in [-0.3, -0.25) is 0 Å². The van der Waals surface area contributed by atoms with E-state index in [1.54, 1.807) is 0 Å². The van der Waals surface area contributed by atoms with Crippen LogP contribution in [0.15, 0.2) is 97.1 Å². The van der Waals surface area contributed by atoms with Gasteiger partial charge in [-0.15, -0.1) is 0 Å². The second-order valence-electron chi connectivity index (χ2n) is 6.19. The molecule has 0 heterocycles. The van der Waals surface area contributed by atoms with Crippen molar-refractivity contribution in [1.29, 1.82) is 0 Å². The highest BCUT2D eigenvalue weighted by Gasteiger charge is 2.15. The molecular formula is C24H16. The Morgan fingerprint density at radius 2 is 0.958 bits per heavy atom. The first-order valence-corrected chi connectivity index (χ1v) is 8.31. The summed E-state index contributed by atoms with van der Waals surface area (Å²) >= 11 is 0. The van der Waals surface area contributed by atoms with Crippen LogP contribution in [0.1, 0.15) is 11.1 Å². The van der Waals surface area contributed by atoms with Gasteiger partial charge in [-0.1, -0.05) is 97.1 Å². The minimum atomic E-state index is 1.27. The molecule has 0 radical (unpaired) electrons. The van der Waals surface area contributed by atoms with Gasteiger partial charge in [-0.05, 0) is 43.5 Å². The molecule has 0 aromatic heterocycles. The van der Waals surface area contributed by atoms with Gasteiger partial charge in [0.25, 0.3) is 0 Å². The van der Waals surface area contributed by atoms with Crippen LogP contribution in [0.3, 0.4) is 0 Å². The summed E-state index contributed by atoms with van der Waals surface area (Å²) in [6.07, 6.45) is 0. The van der Waals surface area contributed by atoms with Gasteiger partial charge >= 0.3 is 0 Å². The maximum atomic E-state index is 2.25. The number of hydrogen-bond acceptors (Lipinski definition) is 0. The Bertz CT molecular complexity index is 1080. The lowest BCUT2D eigenvalue weighted by Crippen LogP contribution is -2.16. The standard InChI is InChI=1S/C24H16/c1-3-9-17(10-4-1)22(18-11-5-2-6-12-18)24-20-15-7-13-19-14-8-16-21(24)23(19)20/h1-16H. The monoisotopic (exact) mass is 304 g/mol. The summed E-state index contributed by atoms with van der Waals surface area (Å²) in [5, 5.41) is 6.83. The molecule has 0 amide bonds. The first-order chi connectivity index (χ1) is 11.9. The molecule has 0 aliphatic carbocycles. The molecule has 24 heavy (non-hydrogen) atoms. The molecule has 0 heteroatoms. The second kappa shape index (κ2) is 5.21. The molecule has 0 bridgehead atoms. The molecule has 0 aliphatic rings. The molecular weight excluding hydrogens is 288 g/mol. The molecule has 0 saturated heterocycles. The van der Waals surface area contributed by atoms with E-state index in [4.69, 9.17) is 0 Å². The fourth-order valence-electron chi connectivity index (χ4n) is 3.77. The molecule has 0 N–H and O–H groups in total. The summed E-state index contributed by atoms with van der Waals surface area (Å²) in [4.78, 5) is 0. The molecule has 0 fully saturated rings. The van der Waals surface area contributed by atoms with Crippen molar-refractivity contribution in [2.24, 2.45) is 0 Å². The lowest BCUT2D eigenvalue weighted by molar-refractivity contribution is 1.52. The molecule has 5 rings (SSSR count). The molecule has 112 valence electrons. The van der Waals surface area contributed by atoms with E-state index in [1.165, 1.54) is 43.5 Å². The summed E-state index contributed by atoms with van der Waals surface area (Å²) in [5.74, 6) is 0. The van der Waals surface area contributed by atoms with E-state index < -0.39 is 0 Å². The van der Waals surface area contributed by atoms with E-state index in [1.807, 2.05) is 0 Å². The zero-order valence-corrected chi connectivity index (χ0v) is 13.2. The van der Waals surface area contributed by atoms with Gasteiger partial charge in [0.15, 0.2) is 0 Å². The molecule has 0 atom stereocenters. The van der Waals surface area contributed by atoms with E-state index >= 15 is 0 Å². The average Bonchev–Trinajstić information content (AvgIpc) is 2.66. The Morgan fingerprint density at radius 1 is 0.458 bits per heavy atom. The van der Waals surface area contributed by atoms with Crippen LogP contribution < -0.4 is 5.22 Å². The molecule has 0 unspecified atom stereocenters. The van der Waals surface area contributed by atoms with Gasteiger partial charge in [0.2, 0.25) is 0 Å². The van der Waals surface area contributed by atoms with Crippen LogP contribution in [0, 0.1) is 0 Å². The summed E-state index contributed by atoms with van der Waals surface area (Å²) in [6.45, 7) is 0. The lowest BCUT2D eigenvalue weighted by atomic mass is 9.86. The molecule has 0 aliphatic heterocycles. The van der Waals surface area contributed by atoms with Gasteiger partial charge in [0.05, 0.1) is 0 Å². The van der Waals surface area contributed by atoms with Gasteiger partial charge in [-0.25, -0.2) is 0 Å². The average molecular weight is 304 g/mol. The van der Waals surface area contributed by atoms with Crippen LogP contribution in [-0.2, 0) is 0 Å². The van der Waals surface area contributed by atoms with E-state index in [9.17, 15) is 0 Å². The van der Waals surface area contributed by atoms with Crippen LogP contribution >= 0.6 is 0 Å². The summed E-state index contributed by atoms with van der Waals surface area (Å²) in [5.41, 5.74) is 3.86. The zero-order chi connectivity index (χ0) is 15.9. The van der Waals surface area contributed by atoms with Crippen molar-refractivity contribution in [2.45, 2.75) is 0 Å². The predicted octanol–water partition coefficient (Wildman–Crippen LogP) is 5.40. The van der Waals surface area contributed by atoms with Crippen molar-refractivity contribution in [3.05, 3.63) is 113 Å². The summed E-state index contributed by atoms with van der Waals surface area (Å²) in [6, 6.07) is 34.6. The van der Waals surface area contributed by atoms with Gasteiger partial charge in [0.1, 0.15) is 0 Å². The van der Waals surface area contributed by atoms with Crippen molar-refractivity contribution in [1.82, 2.24) is 0 Å². The highest BCUT2D eigenvalue weighted by molar-refractivity contribution is 6.19. The van der Waals surface area contributed by atoms with E-state index in [0.29, 0.717) is 0 Å². The van der Waals surface area contributed by atoms with E-state index in [0.717, 1.165) is 0 Å². The van der Waals surface area contributed by atoms with Crippen molar-refractivity contribution in [3.8, 4) is 0 Å². The molecule has 0 saturated carbocycles. The normalized spacial score (nSPS) is 11.3. The second-order valence-corrected chi connectivity index (χ2v) is 6.19. The van der Waals surface area contributed by atoms with Crippen molar-refractivity contribution >= 4 is 27.1 Å². The Balaban J connectivity index is 1.98. The van der Waals surface area contributed by atoms with Crippen molar-refractivity contribution < 1.29 is 0 Å². The van der Waals surface area contributed by atoms with Gasteiger partial charge < -0.3 is 0 Å². The lowest BCUT2D eigenvalue weighted by Gasteiger charge is -2.17. The van der Waals surface area contributed by atoms with Crippen molar-refractivity contribution in [2.75, 3.05) is 0 Å². The third-order valence-electron chi connectivity index (χ3n) is 4.82. The molecule has 0 nitrogen and oxygen atoms in total. The smallest absolute Gasteiger partial charge is 0.00139 e. The Labute approximate surface area is 141 Å². The maximum Gasteiger partial charge on any atom is -0.00139 e. The third-order valence-corrected chi connectivity index (χ3v) is 4.82. The maximum absolute atomic E-state index is 2.25. The first-order valence-electron chi connectivity index (χ1n) is 8.31. The Kier molecular flexibility index (Phi) is 2.89. The number of hydrogen-bond donors (Lipinski definition) is 0. The highest BCUT2D eigenvalue weighted by Crippen LogP contribution is 2.31. The van der Waals surface area contributed by atoms with Crippen LogP contribution in [0.2, 0.25) is 0 Å². The van der Waals surface area contributed by atoms with Crippen molar-refractivity contribution in [3.63, 3.8) is 0 Å². The largest absolute Gasteiger partial charge is 0.0622 e. The van der Waals surface area contributed by atoms with Crippen LogP contribution in [0.25, 0.3) is 27.1 Å². The fraction of sp³-hybridized carbons (Fsp3) is 0. The van der Waals surface area contributed by atoms with Gasteiger partial charge in [-0.2, -0.15) is 0 Å². The van der Waals surface area contributed by atoms with E-state index in [-0.39, 0.29) is 0 Å². The minimum Gasteiger partial charge on any atom is -0.0622 e. The summed E-state index contributed by atoms with van der Waals surface area (Å²) in [7, 11) is 0.